The number of benzene rings is 2. The van der Waals surface area contributed by atoms with Crippen LogP contribution in [0.3, 0.4) is 0 Å². The van der Waals surface area contributed by atoms with Gasteiger partial charge in [0.2, 0.25) is 11.8 Å². The van der Waals surface area contributed by atoms with E-state index in [2.05, 4.69) is 52.4 Å². The summed E-state index contributed by atoms with van der Waals surface area (Å²) >= 11 is 5.09. The summed E-state index contributed by atoms with van der Waals surface area (Å²) in [6.07, 6.45) is 4.39. The van der Waals surface area contributed by atoms with Gasteiger partial charge < -0.3 is 10.2 Å². The van der Waals surface area contributed by atoms with Crippen molar-refractivity contribution in [2.45, 2.75) is 63.9 Å². The van der Waals surface area contributed by atoms with Crippen LogP contribution < -0.4 is 5.32 Å². The summed E-state index contributed by atoms with van der Waals surface area (Å²) in [5, 5.41) is 3.15. The normalized spacial score (nSPS) is 14.9. The SMILES string of the molecule is Cc1ccc(CSCC(=O)N(Cc2cccc(Br)c2)C(C)C(=O)NC2CCCC2)cc1. The molecule has 2 amide bonds. The number of hydrogen-bond donors (Lipinski definition) is 1. The van der Waals surface area contributed by atoms with Gasteiger partial charge in [-0.1, -0.05) is 70.7 Å². The summed E-state index contributed by atoms with van der Waals surface area (Å²) in [4.78, 5) is 27.8. The molecule has 1 aliphatic carbocycles. The molecule has 6 heteroatoms. The Morgan fingerprint density at radius 3 is 2.52 bits per heavy atom. The first-order valence-corrected chi connectivity index (χ1v) is 12.8. The van der Waals surface area contributed by atoms with E-state index in [1.54, 1.807) is 16.7 Å². The van der Waals surface area contributed by atoms with Gasteiger partial charge in [0.1, 0.15) is 6.04 Å². The molecule has 4 nitrogen and oxygen atoms in total. The Kier molecular flexibility index (Phi) is 9.02. The highest BCUT2D eigenvalue weighted by Crippen LogP contribution is 2.20. The molecule has 3 rings (SSSR count). The van der Waals surface area contributed by atoms with E-state index in [0.29, 0.717) is 12.3 Å². The zero-order valence-corrected chi connectivity index (χ0v) is 20.7. The second-order valence-corrected chi connectivity index (χ2v) is 10.2. The largest absolute Gasteiger partial charge is 0.352 e. The third-order valence-electron chi connectivity index (χ3n) is 5.73. The molecule has 1 saturated carbocycles. The number of thioether (sulfide) groups is 1. The molecular formula is C25H31BrN2O2S. The fourth-order valence-electron chi connectivity index (χ4n) is 3.83. The fraction of sp³-hybridized carbons (Fsp3) is 0.440. The van der Waals surface area contributed by atoms with Crippen molar-refractivity contribution >= 4 is 39.5 Å². The number of nitrogens with zero attached hydrogens (tertiary/aromatic N) is 1. The maximum atomic E-state index is 13.2. The van der Waals surface area contributed by atoms with Gasteiger partial charge in [0, 0.05) is 22.8 Å². The molecule has 1 atom stereocenters. The Bertz CT molecular complexity index is 881. The molecule has 166 valence electrons. The lowest BCUT2D eigenvalue weighted by atomic mass is 10.1. The van der Waals surface area contributed by atoms with Crippen molar-refractivity contribution in [2.24, 2.45) is 0 Å². The minimum atomic E-state index is -0.507. The van der Waals surface area contributed by atoms with Gasteiger partial charge in [-0.2, -0.15) is 0 Å². The number of rotatable bonds is 9. The lowest BCUT2D eigenvalue weighted by molar-refractivity contribution is -0.138. The summed E-state index contributed by atoms with van der Waals surface area (Å²) in [6, 6.07) is 16.0. The predicted octanol–water partition coefficient (Wildman–Crippen LogP) is 5.47. The van der Waals surface area contributed by atoms with Crippen LogP contribution >= 0.6 is 27.7 Å². The first-order valence-electron chi connectivity index (χ1n) is 10.9. The Labute approximate surface area is 198 Å². The third-order valence-corrected chi connectivity index (χ3v) is 7.21. The van der Waals surface area contributed by atoms with Crippen LogP contribution in [0, 0.1) is 6.92 Å². The van der Waals surface area contributed by atoms with Crippen molar-refractivity contribution < 1.29 is 9.59 Å². The zero-order chi connectivity index (χ0) is 22.2. The summed E-state index contributed by atoms with van der Waals surface area (Å²) in [6.45, 7) is 4.33. The van der Waals surface area contributed by atoms with Crippen LogP contribution in [0.15, 0.2) is 53.0 Å². The van der Waals surface area contributed by atoms with E-state index >= 15 is 0 Å². The van der Waals surface area contributed by atoms with E-state index in [-0.39, 0.29) is 17.9 Å². The van der Waals surface area contributed by atoms with Crippen LogP contribution in [0.25, 0.3) is 0 Å². The number of hydrogen-bond acceptors (Lipinski definition) is 3. The molecule has 0 bridgehead atoms. The van der Waals surface area contributed by atoms with Gasteiger partial charge in [0.25, 0.3) is 0 Å². The lowest BCUT2D eigenvalue weighted by Gasteiger charge is -2.29. The number of aryl methyl sites for hydroxylation is 1. The summed E-state index contributed by atoms with van der Waals surface area (Å²) in [5.41, 5.74) is 3.44. The molecule has 0 aromatic heterocycles. The van der Waals surface area contributed by atoms with Crippen LogP contribution in [-0.4, -0.2) is 34.6 Å². The third kappa shape index (κ3) is 7.39. The van der Waals surface area contributed by atoms with E-state index in [1.807, 2.05) is 31.2 Å². The number of carbonyl (C=O) groups is 2. The van der Waals surface area contributed by atoms with Crippen LogP contribution in [0.5, 0.6) is 0 Å². The average Bonchev–Trinajstić information content (AvgIpc) is 3.26. The van der Waals surface area contributed by atoms with E-state index in [0.717, 1.165) is 41.5 Å². The molecule has 0 heterocycles. The lowest BCUT2D eigenvalue weighted by Crippen LogP contribution is -2.50. The number of nitrogens with one attached hydrogen (secondary N) is 1. The van der Waals surface area contributed by atoms with Crippen LogP contribution in [0.1, 0.15) is 49.3 Å². The molecule has 2 aromatic carbocycles. The van der Waals surface area contributed by atoms with E-state index in [1.165, 1.54) is 11.1 Å². The average molecular weight is 504 g/mol. The van der Waals surface area contributed by atoms with Gasteiger partial charge in [-0.15, -0.1) is 11.8 Å². The van der Waals surface area contributed by atoms with Gasteiger partial charge in [0.05, 0.1) is 5.75 Å². The standard InChI is InChI=1S/C25H31BrN2O2S/c1-18-10-12-20(13-11-18)16-31-17-24(29)28(15-21-6-5-7-22(26)14-21)19(2)25(30)27-23-8-3-4-9-23/h5-7,10-14,19,23H,3-4,8-9,15-17H2,1-2H3,(H,27,30). The van der Waals surface area contributed by atoms with Crippen molar-refractivity contribution in [3.8, 4) is 0 Å². The molecule has 0 saturated heterocycles. The number of carbonyl (C=O) groups excluding carboxylic acids is 2. The maximum absolute atomic E-state index is 13.2. The molecule has 2 aromatic rings. The molecule has 1 unspecified atom stereocenters. The molecule has 0 aliphatic heterocycles. The van der Waals surface area contributed by atoms with Gasteiger partial charge in [0.15, 0.2) is 0 Å². The molecule has 31 heavy (non-hydrogen) atoms. The number of halogens is 1. The minimum absolute atomic E-state index is 0.00819. The second kappa shape index (κ2) is 11.7. The van der Waals surface area contributed by atoms with Crippen molar-refractivity contribution in [1.29, 1.82) is 0 Å². The highest BCUT2D eigenvalue weighted by Gasteiger charge is 2.28. The summed E-state index contributed by atoms with van der Waals surface area (Å²) < 4.78 is 0.967. The van der Waals surface area contributed by atoms with Crippen LogP contribution in [0.2, 0.25) is 0 Å². The quantitative estimate of drug-likeness (QED) is 0.494. The highest BCUT2D eigenvalue weighted by atomic mass is 79.9. The monoisotopic (exact) mass is 502 g/mol. The molecule has 1 N–H and O–H groups in total. The van der Waals surface area contributed by atoms with Crippen LogP contribution in [0.4, 0.5) is 0 Å². The maximum Gasteiger partial charge on any atom is 0.242 e. The van der Waals surface area contributed by atoms with Crippen LogP contribution in [-0.2, 0) is 21.9 Å². The molecule has 1 fully saturated rings. The van der Waals surface area contributed by atoms with Crippen molar-refractivity contribution in [3.05, 3.63) is 69.7 Å². The van der Waals surface area contributed by atoms with E-state index < -0.39 is 6.04 Å². The Balaban J connectivity index is 1.65. The molecule has 0 radical (unpaired) electrons. The number of amides is 2. The topological polar surface area (TPSA) is 49.4 Å². The highest BCUT2D eigenvalue weighted by molar-refractivity contribution is 9.10. The minimum Gasteiger partial charge on any atom is -0.352 e. The Morgan fingerprint density at radius 1 is 1.13 bits per heavy atom. The Hall–Kier alpha value is -1.79. The van der Waals surface area contributed by atoms with Gasteiger partial charge in [-0.25, -0.2) is 0 Å². The van der Waals surface area contributed by atoms with E-state index in [9.17, 15) is 9.59 Å². The molecular weight excluding hydrogens is 472 g/mol. The summed E-state index contributed by atoms with van der Waals surface area (Å²) in [7, 11) is 0. The van der Waals surface area contributed by atoms with Crippen molar-refractivity contribution in [2.75, 3.05) is 5.75 Å². The van der Waals surface area contributed by atoms with Crippen molar-refractivity contribution in [3.63, 3.8) is 0 Å². The Morgan fingerprint density at radius 2 is 1.84 bits per heavy atom. The zero-order valence-electron chi connectivity index (χ0n) is 18.3. The smallest absolute Gasteiger partial charge is 0.242 e. The summed E-state index contributed by atoms with van der Waals surface area (Å²) in [5.74, 6) is 1.06. The second-order valence-electron chi connectivity index (χ2n) is 8.30. The van der Waals surface area contributed by atoms with E-state index in [4.69, 9.17) is 0 Å². The van der Waals surface area contributed by atoms with Crippen molar-refractivity contribution in [1.82, 2.24) is 10.2 Å². The predicted molar refractivity (Wildman–Crippen MR) is 132 cm³/mol. The first kappa shape index (κ1) is 23.9. The van der Waals surface area contributed by atoms with Gasteiger partial charge in [-0.05, 0) is 49.9 Å². The van der Waals surface area contributed by atoms with Gasteiger partial charge in [-0.3, -0.25) is 9.59 Å². The van der Waals surface area contributed by atoms with Gasteiger partial charge >= 0.3 is 0 Å². The first-order chi connectivity index (χ1) is 14.9. The molecule has 1 aliphatic rings. The fourth-order valence-corrected chi connectivity index (χ4v) is 5.15. The molecule has 0 spiro atoms.